The number of hydrogen-bond acceptors (Lipinski definition) is 3. The maximum atomic E-state index is 5.22. The van der Waals surface area contributed by atoms with Crippen molar-refractivity contribution in [2.75, 3.05) is 0 Å². The molecule has 2 heterocycles. The van der Waals surface area contributed by atoms with Gasteiger partial charge in [0.2, 0.25) is 0 Å². The zero-order valence-corrected chi connectivity index (χ0v) is 29.6. The Morgan fingerprint density at radius 3 is 1.87 bits per heavy atom. The van der Waals surface area contributed by atoms with Crippen LogP contribution in [0.25, 0.3) is 88.8 Å². The minimum Gasteiger partial charge on any atom is -0.264 e. The Morgan fingerprint density at radius 1 is 0.396 bits per heavy atom. The van der Waals surface area contributed by atoms with Crippen LogP contribution in [0.5, 0.6) is 0 Å². The molecule has 0 bridgehead atoms. The maximum Gasteiger partial charge on any atom is 0.160 e. The molecule has 2 aromatic heterocycles. The maximum absolute atomic E-state index is 5.22. The van der Waals surface area contributed by atoms with Gasteiger partial charge in [-0.3, -0.25) is 4.98 Å². The van der Waals surface area contributed by atoms with E-state index in [0.29, 0.717) is 5.82 Å². The van der Waals surface area contributed by atoms with Crippen LogP contribution in [-0.4, -0.2) is 15.0 Å². The molecule has 7 aromatic carbocycles. The quantitative estimate of drug-likeness (QED) is 0.182. The fraction of sp³-hybridized carbons (Fsp3) is 0.0600. The molecule has 0 spiro atoms. The second kappa shape index (κ2) is 12.2. The topological polar surface area (TPSA) is 38.7 Å². The summed E-state index contributed by atoms with van der Waals surface area (Å²) in [4.78, 5) is 14.7. The smallest absolute Gasteiger partial charge is 0.160 e. The molecule has 3 heteroatoms. The van der Waals surface area contributed by atoms with Crippen molar-refractivity contribution in [3.8, 4) is 67.3 Å². The minimum absolute atomic E-state index is 0.0716. The molecule has 0 unspecified atom stereocenters. The van der Waals surface area contributed by atoms with Gasteiger partial charge in [-0.2, -0.15) is 0 Å². The highest BCUT2D eigenvalue weighted by Crippen LogP contribution is 2.51. The van der Waals surface area contributed by atoms with E-state index >= 15 is 0 Å². The highest BCUT2D eigenvalue weighted by atomic mass is 14.9. The van der Waals surface area contributed by atoms with E-state index in [1.807, 2.05) is 30.5 Å². The Bertz CT molecular complexity index is 2860. The number of aromatic nitrogens is 3. The van der Waals surface area contributed by atoms with Gasteiger partial charge < -0.3 is 0 Å². The van der Waals surface area contributed by atoms with E-state index in [0.717, 1.165) is 44.6 Å². The fourth-order valence-electron chi connectivity index (χ4n) is 8.22. The molecule has 0 atom stereocenters. The van der Waals surface area contributed by atoms with Crippen LogP contribution in [0.3, 0.4) is 0 Å². The van der Waals surface area contributed by atoms with Crippen LogP contribution < -0.4 is 0 Å². The molecule has 0 saturated heterocycles. The molecule has 3 nitrogen and oxygen atoms in total. The number of benzene rings is 7. The van der Waals surface area contributed by atoms with Gasteiger partial charge in [0.05, 0.1) is 11.4 Å². The van der Waals surface area contributed by atoms with E-state index in [1.165, 1.54) is 49.5 Å². The Kier molecular flexibility index (Phi) is 7.16. The normalized spacial score (nSPS) is 12.9. The lowest BCUT2D eigenvalue weighted by Crippen LogP contribution is -2.14. The van der Waals surface area contributed by atoms with E-state index < -0.39 is 0 Å². The van der Waals surface area contributed by atoms with E-state index in [2.05, 4.69) is 158 Å². The van der Waals surface area contributed by atoms with Gasteiger partial charge in [0.1, 0.15) is 0 Å². The summed E-state index contributed by atoms with van der Waals surface area (Å²) in [5, 5.41) is 4.92. The largest absolute Gasteiger partial charge is 0.264 e. The number of pyridine rings is 1. The predicted molar refractivity (Wildman–Crippen MR) is 220 cm³/mol. The van der Waals surface area contributed by atoms with Crippen LogP contribution in [0.4, 0.5) is 0 Å². The molecular weight excluding hydrogens is 643 g/mol. The first-order valence-corrected chi connectivity index (χ1v) is 18.2. The summed E-state index contributed by atoms with van der Waals surface area (Å²) >= 11 is 0. The highest BCUT2D eigenvalue weighted by molar-refractivity contribution is 6.05. The van der Waals surface area contributed by atoms with Crippen LogP contribution in [0, 0.1) is 0 Å². The number of fused-ring (bicyclic) bond motifs is 5. The van der Waals surface area contributed by atoms with Crippen molar-refractivity contribution in [1.82, 2.24) is 15.0 Å². The van der Waals surface area contributed by atoms with Gasteiger partial charge in [-0.1, -0.05) is 141 Å². The van der Waals surface area contributed by atoms with Crippen molar-refractivity contribution in [3.63, 3.8) is 0 Å². The summed E-state index contributed by atoms with van der Waals surface area (Å²) < 4.78 is 0. The Balaban J connectivity index is 1.13. The monoisotopic (exact) mass is 677 g/mol. The number of rotatable bonds is 5. The van der Waals surface area contributed by atoms with Crippen LogP contribution in [-0.2, 0) is 5.41 Å². The van der Waals surface area contributed by atoms with Crippen molar-refractivity contribution in [2.24, 2.45) is 0 Å². The Morgan fingerprint density at radius 2 is 1.06 bits per heavy atom. The third-order valence-corrected chi connectivity index (χ3v) is 11.0. The molecule has 250 valence electrons. The van der Waals surface area contributed by atoms with Crippen molar-refractivity contribution in [1.29, 1.82) is 0 Å². The van der Waals surface area contributed by atoms with Crippen molar-refractivity contribution in [2.45, 2.75) is 19.3 Å². The van der Waals surface area contributed by atoms with Crippen LogP contribution in [0.1, 0.15) is 25.0 Å². The second-order valence-electron chi connectivity index (χ2n) is 14.5. The zero-order valence-electron chi connectivity index (χ0n) is 29.6. The number of hydrogen-bond donors (Lipinski definition) is 0. The van der Waals surface area contributed by atoms with Crippen molar-refractivity contribution < 1.29 is 0 Å². The average Bonchev–Trinajstić information content (AvgIpc) is 3.44. The van der Waals surface area contributed by atoms with E-state index in [9.17, 15) is 0 Å². The molecular formula is C50H35N3. The molecule has 53 heavy (non-hydrogen) atoms. The van der Waals surface area contributed by atoms with Crippen LogP contribution in [0.15, 0.2) is 176 Å². The molecule has 0 amide bonds. The molecule has 0 fully saturated rings. The van der Waals surface area contributed by atoms with E-state index in [1.54, 1.807) is 6.20 Å². The minimum atomic E-state index is -0.0716. The molecule has 1 aliphatic carbocycles. The summed E-state index contributed by atoms with van der Waals surface area (Å²) in [7, 11) is 0. The van der Waals surface area contributed by atoms with Gasteiger partial charge in [-0.15, -0.1) is 0 Å². The molecule has 0 aliphatic heterocycles. The Hall–Kier alpha value is -6.71. The molecule has 9 aromatic rings. The lowest BCUT2D eigenvalue weighted by molar-refractivity contribution is 0.661. The van der Waals surface area contributed by atoms with E-state index in [4.69, 9.17) is 9.97 Å². The highest BCUT2D eigenvalue weighted by Gasteiger charge is 2.36. The van der Waals surface area contributed by atoms with Crippen molar-refractivity contribution in [3.05, 3.63) is 187 Å². The van der Waals surface area contributed by atoms with E-state index in [-0.39, 0.29) is 5.41 Å². The first kappa shape index (κ1) is 31.1. The summed E-state index contributed by atoms with van der Waals surface area (Å²) in [6.07, 6.45) is 3.70. The van der Waals surface area contributed by atoms with Crippen LogP contribution in [0.2, 0.25) is 0 Å². The van der Waals surface area contributed by atoms with Gasteiger partial charge in [0.15, 0.2) is 5.82 Å². The summed E-state index contributed by atoms with van der Waals surface area (Å²) in [5.74, 6) is 0.700. The number of nitrogens with zero attached hydrogens (tertiary/aromatic N) is 3. The molecule has 0 saturated carbocycles. The summed E-state index contributed by atoms with van der Waals surface area (Å²) in [5.41, 5.74) is 14.8. The van der Waals surface area contributed by atoms with Crippen molar-refractivity contribution >= 4 is 21.5 Å². The van der Waals surface area contributed by atoms with Gasteiger partial charge in [-0.05, 0) is 96.9 Å². The van der Waals surface area contributed by atoms with Gasteiger partial charge in [0, 0.05) is 40.1 Å². The van der Waals surface area contributed by atoms with Crippen LogP contribution >= 0.6 is 0 Å². The standard InChI is InChI=1S/C50H35N3/c1-50(2)45-24-21-36(28-43(45)44-27-34-14-6-7-15-35(34)29-46(44)50)39-22-23-42(41-20-9-8-19-40(39)41)48-30-47(52-49(53-48)32-12-4-3-5-13-32)37-17-10-16-33(26-37)38-18-11-25-51-31-38/h3-31H,1-2H3. The first-order valence-electron chi connectivity index (χ1n) is 18.2. The van der Waals surface area contributed by atoms with Gasteiger partial charge in [-0.25, -0.2) is 9.97 Å². The average molecular weight is 678 g/mol. The molecule has 0 radical (unpaired) electrons. The second-order valence-corrected chi connectivity index (χ2v) is 14.5. The first-order chi connectivity index (χ1) is 26.0. The SMILES string of the molecule is CC1(C)c2ccc(-c3ccc(-c4cc(-c5cccc(-c6cccnc6)c5)nc(-c5ccccc5)n4)c4ccccc34)cc2-c2cc3ccccc3cc21. The molecule has 0 N–H and O–H groups in total. The molecule has 10 rings (SSSR count). The molecule has 1 aliphatic rings. The lowest BCUT2D eigenvalue weighted by Gasteiger charge is -2.22. The summed E-state index contributed by atoms with van der Waals surface area (Å²) in [6.45, 7) is 4.70. The predicted octanol–water partition coefficient (Wildman–Crippen LogP) is 12.8. The lowest BCUT2D eigenvalue weighted by atomic mass is 9.81. The Labute approximate surface area is 309 Å². The van der Waals surface area contributed by atoms with Gasteiger partial charge in [0.25, 0.3) is 0 Å². The summed E-state index contributed by atoms with van der Waals surface area (Å²) in [6, 6.07) is 58.7. The zero-order chi connectivity index (χ0) is 35.5. The third kappa shape index (κ3) is 5.24. The van der Waals surface area contributed by atoms with Gasteiger partial charge >= 0.3 is 0 Å². The fourth-order valence-corrected chi connectivity index (χ4v) is 8.22. The third-order valence-electron chi connectivity index (χ3n) is 11.0.